The molecule has 1 aromatic heterocycles. The lowest BCUT2D eigenvalue weighted by Crippen LogP contribution is -2.10. The first-order chi connectivity index (χ1) is 17.4. The van der Waals surface area contributed by atoms with E-state index in [0.717, 1.165) is 44.4 Å². The zero-order valence-corrected chi connectivity index (χ0v) is 21.4. The van der Waals surface area contributed by atoms with Gasteiger partial charge in [0.05, 0.1) is 13.4 Å². The van der Waals surface area contributed by atoms with Gasteiger partial charge in [0.25, 0.3) is 0 Å². The number of furan rings is 1. The number of rotatable bonds is 5. The van der Waals surface area contributed by atoms with Gasteiger partial charge in [-0.2, -0.15) is 0 Å². The smallest absolute Gasteiger partial charge is 0.248 e. The number of allylic oxidation sites excluding steroid dienone is 1. The molecule has 0 aliphatic carbocycles. The van der Waals surface area contributed by atoms with Crippen LogP contribution >= 0.6 is 11.6 Å². The Morgan fingerprint density at radius 1 is 0.972 bits per heavy atom. The molecule has 0 saturated carbocycles. The van der Waals surface area contributed by atoms with Gasteiger partial charge in [0.2, 0.25) is 5.91 Å². The minimum Gasteiger partial charge on any atom is -0.496 e. The normalized spacial score (nSPS) is 11.8. The van der Waals surface area contributed by atoms with E-state index >= 15 is 0 Å². The van der Waals surface area contributed by atoms with E-state index in [2.05, 4.69) is 35.6 Å². The molecule has 1 heterocycles. The molecule has 4 nitrogen and oxygen atoms in total. The topological polar surface area (TPSA) is 51.5 Å². The molecule has 0 fully saturated rings. The Kier molecular flexibility index (Phi) is 6.29. The van der Waals surface area contributed by atoms with Crippen molar-refractivity contribution in [3.05, 3.63) is 101 Å². The van der Waals surface area contributed by atoms with E-state index in [1.807, 2.05) is 51.1 Å². The Morgan fingerprint density at radius 3 is 2.53 bits per heavy atom. The molecule has 0 unspecified atom stereocenters. The van der Waals surface area contributed by atoms with Crippen LogP contribution in [0.4, 0.5) is 5.69 Å². The van der Waals surface area contributed by atoms with Gasteiger partial charge in [-0.15, -0.1) is 0 Å². The molecular formula is C31H26ClNO3. The van der Waals surface area contributed by atoms with Crippen molar-refractivity contribution in [3.63, 3.8) is 0 Å². The minimum atomic E-state index is -0.236. The van der Waals surface area contributed by atoms with Crippen LogP contribution in [0.2, 0.25) is 5.02 Å². The average molecular weight is 496 g/mol. The summed E-state index contributed by atoms with van der Waals surface area (Å²) in [5, 5.41) is 6.86. The Labute approximate surface area is 215 Å². The minimum absolute atomic E-state index is 0.236. The number of methoxy groups -OCH3 is 1. The van der Waals surface area contributed by atoms with E-state index in [0.29, 0.717) is 16.5 Å². The summed E-state index contributed by atoms with van der Waals surface area (Å²) in [5.41, 5.74) is 6.84. The summed E-state index contributed by atoms with van der Waals surface area (Å²) >= 11 is 6.21. The Hall–Kier alpha value is -4.02. The Bertz CT molecular complexity index is 1660. The third kappa shape index (κ3) is 4.25. The molecule has 0 radical (unpaired) electrons. The number of halogens is 1. The fourth-order valence-electron chi connectivity index (χ4n) is 4.64. The van der Waals surface area contributed by atoms with Crippen molar-refractivity contribution >= 4 is 50.5 Å². The van der Waals surface area contributed by atoms with Gasteiger partial charge in [-0.25, -0.2) is 0 Å². The molecule has 5 aromatic rings. The molecule has 36 heavy (non-hydrogen) atoms. The van der Waals surface area contributed by atoms with Gasteiger partial charge in [0.1, 0.15) is 11.3 Å². The lowest BCUT2D eigenvalue weighted by atomic mass is 9.95. The van der Waals surface area contributed by atoms with Crippen LogP contribution < -0.4 is 10.1 Å². The van der Waals surface area contributed by atoms with E-state index in [1.165, 1.54) is 10.8 Å². The van der Waals surface area contributed by atoms with Crippen LogP contribution in [-0.4, -0.2) is 13.0 Å². The highest BCUT2D eigenvalue weighted by Gasteiger charge is 2.19. The van der Waals surface area contributed by atoms with Crippen molar-refractivity contribution in [2.45, 2.75) is 20.8 Å². The van der Waals surface area contributed by atoms with E-state index in [-0.39, 0.29) is 5.91 Å². The van der Waals surface area contributed by atoms with Crippen molar-refractivity contribution in [2.24, 2.45) is 0 Å². The summed E-state index contributed by atoms with van der Waals surface area (Å²) in [7, 11) is 1.63. The number of benzene rings is 4. The molecule has 5 rings (SSSR count). The average Bonchev–Trinajstić information content (AvgIpc) is 3.31. The van der Waals surface area contributed by atoms with Gasteiger partial charge in [-0.3, -0.25) is 4.79 Å². The predicted molar refractivity (Wildman–Crippen MR) is 149 cm³/mol. The molecule has 0 spiro atoms. The maximum Gasteiger partial charge on any atom is 0.248 e. The van der Waals surface area contributed by atoms with Gasteiger partial charge < -0.3 is 14.5 Å². The van der Waals surface area contributed by atoms with Gasteiger partial charge in [0, 0.05) is 38.9 Å². The summed E-state index contributed by atoms with van der Waals surface area (Å²) in [6.45, 7) is 5.76. The Morgan fingerprint density at radius 2 is 1.75 bits per heavy atom. The SMILES string of the molecule is COc1c(/C(C)=C/C(=O)Nc2cccc(Cl)c2C)cc2c(-c3ccc4ccccc4c3)coc2c1C. The number of ether oxygens (including phenoxy) is 1. The molecule has 1 amide bonds. The van der Waals surface area contributed by atoms with Crippen LogP contribution in [0.5, 0.6) is 5.75 Å². The van der Waals surface area contributed by atoms with E-state index in [1.54, 1.807) is 25.5 Å². The number of anilines is 1. The molecule has 0 aliphatic heterocycles. The predicted octanol–water partition coefficient (Wildman–Crippen LogP) is 8.57. The Balaban J connectivity index is 1.58. The second-order valence-corrected chi connectivity index (χ2v) is 9.31. The highest BCUT2D eigenvalue weighted by Crippen LogP contribution is 2.41. The number of fused-ring (bicyclic) bond motifs is 2. The number of hydrogen-bond donors (Lipinski definition) is 1. The summed E-state index contributed by atoms with van der Waals surface area (Å²) in [4.78, 5) is 12.9. The summed E-state index contributed by atoms with van der Waals surface area (Å²) in [6.07, 6.45) is 3.37. The lowest BCUT2D eigenvalue weighted by molar-refractivity contribution is -0.111. The van der Waals surface area contributed by atoms with Crippen LogP contribution in [0.15, 0.2) is 83.5 Å². The van der Waals surface area contributed by atoms with Crippen LogP contribution in [0.1, 0.15) is 23.6 Å². The van der Waals surface area contributed by atoms with Crippen LogP contribution in [0.25, 0.3) is 38.4 Å². The first-order valence-corrected chi connectivity index (χ1v) is 12.1. The molecule has 0 atom stereocenters. The highest BCUT2D eigenvalue weighted by molar-refractivity contribution is 6.31. The molecule has 0 bridgehead atoms. The number of carbonyl (C=O) groups is 1. The zero-order valence-electron chi connectivity index (χ0n) is 20.6. The number of nitrogens with one attached hydrogen (secondary N) is 1. The van der Waals surface area contributed by atoms with Crippen molar-refractivity contribution in [1.29, 1.82) is 0 Å². The first-order valence-electron chi connectivity index (χ1n) is 11.7. The third-order valence-corrected chi connectivity index (χ3v) is 7.02. The highest BCUT2D eigenvalue weighted by atomic mass is 35.5. The summed E-state index contributed by atoms with van der Waals surface area (Å²) in [5.74, 6) is 0.446. The summed E-state index contributed by atoms with van der Waals surface area (Å²) in [6, 6.07) is 22.2. The zero-order chi connectivity index (χ0) is 25.4. The molecule has 1 N–H and O–H groups in total. The van der Waals surface area contributed by atoms with Gasteiger partial charge >= 0.3 is 0 Å². The van der Waals surface area contributed by atoms with Crippen LogP contribution in [0, 0.1) is 13.8 Å². The first kappa shape index (κ1) is 23.7. The third-order valence-electron chi connectivity index (χ3n) is 6.61. The molecule has 4 aromatic carbocycles. The lowest BCUT2D eigenvalue weighted by Gasteiger charge is -2.14. The van der Waals surface area contributed by atoms with Crippen molar-refractivity contribution in [3.8, 4) is 16.9 Å². The molecule has 0 aliphatic rings. The van der Waals surface area contributed by atoms with E-state index < -0.39 is 0 Å². The van der Waals surface area contributed by atoms with Gasteiger partial charge in [-0.05, 0) is 72.5 Å². The second kappa shape index (κ2) is 9.56. The van der Waals surface area contributed by atoms with Crippen molar-refractivity contribution in [2.75, 3.05) is 12.4 Å². The van der Waals surface area contributed by atoms with Crippen LogP contribution in [0.3, 0.4) is 0 Å². The second-order valence-electron chi connectivity index (χ2n) is 8.90. The van der Waals surface area contributed by atoms with Crippen molar-refractivity contribution in [1.82, 2.24) is 0 Å². The largest absolute Gasteiger partial charge is 0.496 e. The van der Waals surface area contributed by atoms with E-state index in [4.69, 9.17) is 20.8 Å². The number of aryl methyl sites for hydroxylation is 1. The molecular weight excluding hydrogens is 470 g/mol. The fourth-order valence-corrected chi connectivity index (χ4v) is 4.81. The van der Waals surface area contributed by atoms with Crippen LogP contribution in [-0.2, 0) is 4.79 Å². The number of hydrogen-bond acceptors (Lipinski definition) is 3. The van der Waals surface area contributed by atoms with Gasteiger partial charge in [-0.1, -0.05) is 54.1 Å². The van der Waals surface area contributed by atoms with Crippen molar-refractivity contribution < 1.29 is 13.9 Å². The molecule has 5 heteroatoms. The number of carbonyl (C=O) groups excluding carboxylic acids is 1. The standard InChI is InChI=1S/C31H26ClNO3/c1-18(14-29(34)33-28-11-7-10-27(32)19(28)2)24-16-25-26(17-36-31(25)20(3)30(24)35-4)23-13-12-21-8-5-6-9-22(21)15-23/h5-17H,1-4H3,(H,33,34)/b18-14+. The number of amides is 1. The summed E-state index contributed by atoms with van der Waals surface area (Å²) < 4.78 is 11.8. The van der Waals surface area contributed by atoms with Gasteiger partial charge in [0.15, 0.2) is 0 Å². The maximum absolute atomic E-state index is 12.9. The maximum atomic E-state index is 12.9. The quantitative estimate of drug-likeness (QED) is 0.248. The molecule has 180 valence electrons. The monoisotopic (exact) mass is 495 g/mol. The van der Waals surface area contributed by atoms with E-state index in [9.17, 15) is 4.79 Å². The molecule has 0 saturated heterocycles. The fraction of sp³-hybridized carbons (Fsp3) is 0.129.